The van der Waals surface area contributed by atoms with Crippen LogP contribution in [-0.2, 0) is 7.05 Å². The molecule has 4 heterocycles. The first-order chi connectivity index (χ1) is 21.9. The molecule has 1 saturated carbocycles. The minimum absolute atomic E-state index is 0.0101. The molecule has 0 unspecified atom stereocenters. The first kappa shape index (κ1) is 33.4. The standard InChI is InChI=1S/C16H19F2N7.C12H12F2N6O/c1-10-13(22-15-21-8-11(7-19)14(20-2)23-15)9-25(24-10)12-3-5-16(17,18)6-4-12;1-7-9(5-17-20(7)2)18-12-16-4-8(3-15)11(19-12)21-6-10(13)14/h8-9,12H,3-6H2,1-2H3,(H2,20,21,22,23);4-5,10H,6H2,1-2H3,(H,16,18,19). The van der Waals surface area contributed by atoms with Gasteiger partial charge in [-0.25, -0.2) is 27.5 Å². The lowest BCUT2D eigenvalue weighted by Gasteiger charge is -2.28. The van der Waals surface area contributed by atoms with E-state index in [0.29, 0.717) is 41.5 Å². The summed E-state index contributed by atoms with van der Waals surface area (Å²) in [5, 5.41) is 35.2. The van der Waals surface area contributed by atoms with Gasteiger partial charge in [0.1, 0.15) is 29.1 Å². The Balaban J connectivity index is 0.000000212. The zero-order valence-electron chi connectivity index (χ0n) is 25.4. The maximum absolute atomic E-state index is 13.3. The highest BCUT2D eigenvalue weighted by Crippen LogP contribution is 2.38. The second kappa shape index (κ2) is 14.5. The van der Waals surface area contributed by atoms with Gasteiger partial charge in [0.25, 0.3) is 6.43 Å². The Morgan fingerprint density at radius 3 is 2.22 bits per heavy atom. The fraction of sp³-hybridized carbons (Fsp3) is 0.429. The number of ether oxygens (including phenoxy) is 1. The summed E-state index contributed by atoms with van der Waals surface area (Å²) < 4.78 is 59.2. The predicted octanol–water partition coefficient (Wildman–Crippen LogP) is 5.17. The number of hydrogen-bond acceptors (Lipinski definition) is 12. The van der Waals surface area contributed by atoms with E-state index in [1.54, 1.807) is 41.9 Å². The fourth-order valence-electron chi connectivity index (χ4n) is 4.41. The van der Waals surface area contributed by atoms with Crippen LogP contribution in [0.5, 0.6) is 5.88 Å². The molecule has 0 amide bonds. The normalized spacial score (nSPS) is 14.1. The number of rotatable bonds is 9. The summed E-state index contributed by atoms with van der Waals surface area (Å²) in [5.41, 5.74) is 3.30. The highest BCUT2D eigenvalue weighted by Gasteiger charge is 2.36. The van der Waals surface area contributed by atoms with Crippen LogP contribution in [0.25, 0.3) is 0 Å². The molecule has 46 heavy (non-hydrogen) atoms. The summed E-state index contributed by atoms with van der Waals surface area (Å²) in [5.74, 6) is -1.84. The minimum Gasteiger partial charge on any atom is -0.471 e. The Morgan fingerprint density at radius 1 is 1.00 bits per heavy atom. The number of alkyl halides is 4. The molecule has 0 aliphatic heterocycles. The van der Waals surface area contributed by atoms with Crippen molar-refractivity contribution in [1.29, 1.82) is 10.5 Å². The highest BCUT2D eigenvalue weighted by molar-refractivity contribution is 5.59. The molecular formula is C28H31F4N13O. The lowest BCUT2D eigenvalue weighted by Crippen LogP contribution is -2.26. The van der Waals surface area contributed by atoms with Crippen LogP contribution in [0.3, 0.4) is 0 Å². The van der Waals surface area contributed by atoms with Gasteiger partial charge in [-0.3, -0.25) is 9.36 Å². The van der Waals surface area contributed by atoms with E-state index in [0.717, 1.165) is 11.4 Å². The molecule has 1 aliphatic carbocycles. The number of anilines is 5. The molecule has 1 aliphatic rings. The van der Waals surface area contributed by atoms with E-state index < -0.39 is 19.0 Å². The summed E-state index contributed by atoms with van der Waals surface area (Å²) in [6.07, 6.45) is 3.97. The number of nitriles is 2. The van der Waals surface area contributed by atoms with Crippen LogP contribution >= 0.6 is 0 Å². The summed E-state index contributed by atoms with van der Waals surface area (Å²) in [4.78, 5) is 16.2. The van der Waals surface area contributed by atoms with Gasteiger partial charge in [-0.2, -0.15) is 30.7 Å². The first-order valence-corrected chi connectivity index (χ1v) is 14.0. The second-order valence-electron chi connectivity index (χ2n) is 10.3. The molecule has 3 N–H and O–H groups in total. The van der Waals surface area contributed by atoms with Gasteiger partial charge in [0, 0.05) is 33.1 Å². The van der Waals surface area contributed by atoms with Crippen molar-refractivity contribution in [1.82, 2.24) is 39.5 Å². The van der Waals surface area contributed by atoms with Crippen molar-refractivity contribution in [2.45, 2.75) is 57.9 Å². The monoisotopic (exact) mass is 641 g/mol. The molecular weight excluding hydrogens is 610 g/mol. The zero-order chi connectivity index (χ0) is 33.4. The van der Waals surface area contributed by atoms with Gasteiger partial charge >= 0.3 is 0 Å². The summed E-state index contributed by atoms with van der Waals surface area (Å²) >= 11 is 0. The largest absolute Gasteiger partial charge is 0.471 e. The molecule has 0 bridgehead atoms. The van der Waals surface area contributed by atoms with Gasteiger partial charge < -0.3 is 20.7 Å². The van der Waals surface area contributed by atoms with Crippen molar-refractivity contribution in [2.75, 3.05) is 29.6 Å². The van der Waals surface area contributed by atoms with E-state index in [2.05, 4.69) is 46.1 Å². The van der Waals surface area contributed by atoms with Gasteiger partial charge in [0.2, 0.25) is 23.7 Å². The van der Waals surface area contributed by atoms with Crippen molar-refractivity contribution in [3.8, 4) is 18.0 Å². The van der Waals surface area contributed by atoms with Crippen LogP contribution in [0.2, 0.25) is 0 Å². The molecule has 0 spiro atoms. The topological polar surface area (TPSA) is 180 Å². The van der Waals surface area contributed by atoms with Crippen LogP contribution in [0.15, 0.2) is 24.8 Å². The summed E-state index contributed by atoms with van der Waals surface area (Å²) in [6.45, 7) is 2.84. The van der Waals surface area contributed by atoms with Crippen molar-refractivity contribution in [3.63, 3.8) is 0 Å². The summed E-state index contributed by atoms with van der Waals surface area (Å²) in [6, 6.07) is 3.77. The third-order valence-corrected chi connectivity index (χ3v) is 7.07. The number of aryl methyl sites for hydroxylation is 2. The third-order valence-electron chi connectivity index (χ3n) is 7.07. The Bertz CT molecular complexity index is 1730. The maximum atomic E-state index is 13.3. The molecule has 0 atom stereocenters. The van der Waals surface area contributed by atoms with Crippen molar-refractivity contribution < 1.29 is 22.3 Å². The Kier molecular flexibility index (Phi) is 10.5. The molecule has 0 radical (unpaired) electrons. The van der Waals surface area contributed by atoms with Crippen LogP contribution in [0.4, 0.5) is 46.7 Å². The Labute approximate surface area is 261 Å². The molecule has 0 aromatic carbocycles. The third kappa shape index (κ3) is 8.35. The predicted molar refractivity (Wildman–Crippen MR) is 158 cm³/mol. The SMILES string of the molecule is CNc1nc(Nc2cn(C3CCC(F)(F)CC3)nc2C)ncc1C#N.Cc1c(Nc2ncc(C#N)c(OCC(F)F)n2)cnn1C. The van der Waals surface area contributed by atoms with E-state index in [-0.39, 0.29) is 36.3 Å². The first-order valence-electron chi connectivity index (χ1n) is 14.0. The molecule has 5 rings (SSSR count). The van der Waals surface area contributed by atoms with Gasteiger partial charge in [-0.05, 0) is 26.7 Å². The lowest BCUT2D eigenvalue weighted by atomic mass is 9.92. The van der Waals surface area contributed by atoms with Crippen molar-refractivity contribution in [2.24, 2.45) is 7.05 Å². The van der Waals surface area contributed by atoms with Gasteiger partial charge in [0.05, 0.1) is 47.4 Å². The van der Waals surface area contributed by atoms with Crippen molar-refractivity contribution >= 4 is 29.1 Å². The number of aromatic nitrogens is 8. The number of halogens is 4. The molecule has 4 aromatic heterocycles. The lowest BCUT2D eigenvalue weighted by molar-refractivity contribution is -0.0450. The summed E-state index contributed by atoms with van der Waals surface area (Å²) in [7, 11) is 3.45. The van der Waals surface area contributed by atoms with Crippen LogP contribution in [-0.4, -0.2) is 65.5 Å². The van der Waals surface area contributed by atoms with E-state index in [9.17, 15) is 17.6 Å². The molecule has 242 valence electrons. The number of hydrogen-bond donors (Lipinski definition) is 3. The van der Waals surface area contributed by atoms with Crippen LogP contribution in [0.1, 0.15) is 54.2 Å². The van der Waals surface area contributed by atoms with E-state index in [1.807, 2.05) is 19.9 Å². The van der Waals surface area contributed by atoms with Gasteiger partial charge in [0.15, 0.2) is 6.61 Å². The average molecular weight is 642 g/mol. The number of nitrogens with zero attached hydrogens (tertiary/aromatic N) is 10. The van der Waals surface area contributed by atoms with Crippen LogP contribution in [0, 0.1) is 36.5 Å². The molecule has 18 heteroatoms. The van der Waals surface area contributed by atoms with E-state index >= 15 is 0 Å². The second-order valence-corrected chi connectivity index (χ2v) is 10.3. The quantitative estimate of drug-likeness (QED) is 0.205. The van der Waals surface area contributed by atoms with Gasteiger partial charge in [-0.15, -0.1) is 0 Å². The number of nitrogens with one attached hydrogen (secondary N) is 3. The smallest absolute Gasteiger partial charge is 0.272 e. The van der Waals surface area contributed by atoms with Crippen molar-refractivity contribution in [3.05, 3.63) is 47.3 Å². The Morgan fingerprint density at radius 2 is 1.63 bits per heavy atom. The molecule has 1 fully saturated rings. The van der Waals surface area contributed by atoms with E-state index in [1.165, 1.54) is 12.4 Å². The Hall–Kier alpha value is -5.52. The zero-order valence-corrected chi connectivity index (χ0v) is 25.4. The average Bonchev–Trinajstić information content (AvgIpc) is 3.56. The van der Waals surface area contributed by atoms with Gasteiger partial charge in [-0.1, -0.05) is 0 Å². The molecule has 0 saturated heterocycles. The van der Waals surface area contributed by atoms with E-state index in [4.69, 9.17) is 15.3 Å². The molecule has 4 aromatic rings. The maximum Gasteiger partial charge on any atom is 0.272 e. The highest BCUT2D eigenvalue weighted by atomic mass is 19.3. The minimum atomic E-state index is -2.65. The fourth-order valence-corrected chi connectivity index (χ4v) is 4.41. The molecule has 14 nitrogen and oxygen atoms in total. The van der Waals surface area contributed by atoms with Crippen LogP contribution < -0.4 is 20.7 Å².